The Kier molecular flexibility index (Phi) is 4.85. The van der Waals surface area contributed by atoms with Gasteiger partial charge in [0.2, 0.25) is 0 Å². The van der Waals surface area contributed by atoms with E-state index in [0.29, 0.717) is 10.7 Å². The number of nitrogens with one attached hydrogen (secondary N) is 2. The van der Waals surface area contributed by atoms with Gasteiger partial charge in [-0.2, -0.15) is 0 Å². The van der Waals surface area contributed by atoms with Crippen molar-refractivity contribution >= 4 is 34.5 Å². The number of carboxylic acid groups (broad SMARTS) is 1. The highest BCUT2D eigenvalue weighted by Crippen LogP contribution is 2.20. The molecule has 24 heavy (non-hydrogen) atoms. The number of rotatable bonds is 3. The van der Waals surface area contributed by atoms with Crippen LogP contribution in [0.2, 0.25) is 5.02 Å². The SMILES string of the molecule is O=C(O)NC1CCC(NC(=O)c2ccc3cc(Cl)ccc3n2)CC1. The van der Waals surface area contributed by atoms with E-state index in [0.717, 1.165) is 36.6 Å². The first-order valence-electron chi connectivity index (χ1n) is 7.88. The van der Waals surface area contributed by atoms with Crippen molar-refractivity contribution in [2.45, 2.75) is 37.8 Å². The summed E-state index contributed by atoms with van der Waals surface area (Å²) in [6.45, 7) is 0. The average molecular weight is 348 g/mol. The third-order valence-electron chi connectivity index (χ3n) is 4.27. The smallest absolute Gasteiger partial charge is 0.404 e. The number of halogens is 1. The molecule has 1 heterocycles. The molecule has 0 spiro atoms. The molecule has 1 fully saturated rings. The van der Waals surface area contributed by atoms with E-state index in [-0.39, 0.29) is 18.0 Å². The van der Waals surface area contributed by atoms with Gasteiger partial charge in [0, 0.05) is 22.5 Å². The monoisotopic (exact) mass is 347 g/mol. The van der Waals surface area contributed by atoms with E-state index in [2.05, 4.69) is 15.6 Å². The Morgan fingerprint density at radius 1 is 1.04 bits per heavy atom. The van der Waals surface area contributed by atoms with Crippen molar-refractivity contribution in [1.29, 1.82) is 0 Å². The number of nitrogens with zero attached hydrogens (tertiary/aromatic N) is 1. The Bertz CT molecular complexity index is 773. The molecule has 126 valence electrons. The number of carbonyl (C=O) groups excluding carboxylic acids is 1. The van der Waals surface area contributed by atoms with Gasteiger partial charge in [0.1, 0.15) is 5.69 Å². The molecule has 1 aliphatic carbocycles. The average Bonchev–Trinajstić information content (AvgIpc) is 2.55. The maximum Gasteiger partial charge on any atom is 0.404 e. The number of fused-ring (bicyclic) bond motifs is 1. The van der Waals surface area contributed by atoms with Crippen molar-refractivity contribution in [2.75, 3.05) is 0 Å². The lowest BCUT2D eigenvalue weighted by Gasteiger charge is -2.28. The zero-order chi connectivity index (χ0) is 17.1. The number of hydrogen-bond donors (Lipinski definition) is 3. The molecule has 1 aliphatic rings. The minimum Gasteiger partial charge on any atom is -0.465 e. The van der Waals surface area contributed by atoms with Crippen molar-refractivity contribution in [3.05, 3.63) is 41.0 Å². The quantitative estimate of drug-likeness (QED) is 0.795. The van der Waals surface area contributed by atoms with Crippen LogP contribution < -0.4 is 10.6 Å². The van der Waals surface area contributed by atoms with E-state index in [9.17, 15) is 9.59 Å². The molecular formula is C17H18ClN3O3. The van der Waals surface area contributed by atoms with Crippen LogP contribution in [0.25, 0.3) is 10.9 Å². The zero-order valence-corrected chi connectivity index (χ0v) is 13.7. The van der Waals surface area contributed by atoms with Gasteiger partial charge in [-0.3, -0.25) is 4.79 Å². The van der Waals surface area contributed by atoms with E-state index in [1.54, 1.807) is 18.2 Å². The van der Waals surface area contributed by atoms with Crippen LogP contribution in [0.1, 0.15) is 36.2 Å². The lowest BCUT2D eigenvalue weighted by atomic mass is 9.91. The summed E-state index contributed by atoms with van der Waals surface area (Å²) < 4.78 is 0. The van der Waals surface area contributed by atoms with Gasteiger partial charge in [0.15, 0.2) is 0 Å². The summed E-state index contributed by atoms with van der Waals surface area (Å²) in [5, 5.41) is 15.7. The third kappa shape index (κ3) is 3.94. The first-order valence-corrected chi connectivity index (χ1v) is 8.26. The highest BCUT2D eigenvalue weighted by atomic mass is 35.5. The standard InChI is InChI=1S/C17H18ClN3O3/c18-11-2-8-14-10(9-11)1-7-15(21-14)16(22)19-12-3-5-13(6-4-12)20-17(23)24/h1-2,7-9,12-13,20H,3-6H2,(H,19,22)(H,23,24). The normalized spacial score (nSPS) is 20.5. The van der Waals surface area contributed by atoms with Gasteiger partial charge in [-0.1, -0.05) is 17.7 Å². The maximum absolute atomic E-state index is 12.4. The third-order valence-corrected chi connectivity index (χ3v) is 4.51. The van der Waals surface area contributed by atoms with Crippen molar-refractivity contribution < 1.29 is 14.7 Å². The Labute approximate surface area is 144 Å². The maximum atomic E-state index is 12.4. The van der Waals surface area contributed by atoms with E-state index in [4.69, 9.17) is 16.7 Å². The van der Waals surface area contributed by atoms with Gasteiger partial charge in [-0.15, -0.1) is 0 Å². The number of pyridine rings is 1. The summed E-state index contributed by atoms with van der Waals surface area (Å²) in [5.41, 5.74) is 1.09. The van der Waals surface area contributed by atoms with Crippen LogP contribution in [-0.4, -0.2) is 34.2 Å². The molecule has 0 radical (unpaired) electrons. The largest absolute Gasteiger partial charge is 0.465 e. The second-order valence-corrected chi connectivity index (χ2v) is 6.44. The van der Waals surface area contributed by atoms with Crippen LogP contribution in [0, 0.1) is 0 Å². The summed E-state index contributed by atoms with van der Waals surface area (Å²) in [6, 6.07) is 8.88. The minimum atomic E-state index is -0.997. The predicted molar refractivity (Wildman–Crippen MR) is 91.4 cm³/mol. The topological polar surface area (TPSA) is 91.3 Å². The number of aromatic nitrogens is 1. The van der Waals surface area contributed by atoms with Gasteiger partial charge >= 0.3 is 6.09 Å². The molecule has 6 nitrogen and oxygen atoms in total. The molecule has 3 rings (SSSR count). The van der Waals surface area contributed by atoms with Crippen molar-refractivity contribution in [1.82, 2.24) is 15.6 Å². The summed E-state index contributed by atoms with van der Waals surface area (Å²) in [5.74, 6) is -0.207. The predicted octanol–water partition coefficient (Wildman–Crippen LogP) is 3.20. The van der Waals surface area contributed by atoms with Gasteiger partial charge in [-0.05, 0) is 49.9 Å². The van der Waals surface area contributed by atoms with Crippen LogP contribution >= 0.6 is 11.6 Å². The summed E-state index contributed by atoms with van der Waals surface area (Å²) in [7, 11) is 0. The molecule has 2 aromatic rings. The number of hydrogen-bond acceptors (Lipinski definition) is 3. The van der Waals surface area contributed by atoms with E-state index < -0.39 is 6.09 Å². The molecule has 1 aromatic carbocycles. The van der Waals surface area contributed by atoms with Crippen LogP contribution in [0.5, 0.6) is 0 Å². The first kappa shape index (κ1) is 16.5. The van der Waals surface area contributed by atoms with Crippen molar-refractivity contribution in [3.63, 3.8) is 0 Å². The highest BCUT2D eigenvalue weighted by Gasteiger charge is 2.24. The molecule has 0 aliphatic heterocycles. The molecule has 0 unspecified atom stereocenters. The molecule has 1 saturated carbocycles. The van der Waals surface area contributed by atoms with Crippen LogP contribution in [-0.2, 0) is 0 Å². The zero-order valence-electron chi connectivity index (χ0n) is 13.0. The van der Waals surface area contributed by atoms with E-state index in [1.807, 2.05) is 12.1 Å². The lowest BCUT2D eigenvalue weighted by molar-refractivity contribution is 0.0918. The first-order chi connectivity index (χ1) is 11.5. The van der Waals surface area contributed by atoms with Gasteiger partial charge < -0.3 is 15.7 Å². The molecule has 0 saturated heterocycles. The minimum absolute atomic E-state index is 0.0285. The van der Waals surface area contributed by atoms with Crippen LogP contribution in [0.15, 0.2) is 30.3 Å². The summed E-state index contributed by atoms with van der Waals surface area (Å²) in [4.78, 5) is 27.4. The number of carbonyl (C=O) groups is 2. The van der Waals surface area contributed by atoms with Crippen molar-refractivity contribution in [3.8, 4) is 0 Å². The number of amides is 2. The second kappa shape index (κ2) is 7.05. The molecule has 0 bridgehead atoms. The fourth-order valence-corrected chi connectivity index (χ4v) is 3.22. The van der Waals surface area contributed by atoms with Crippen LogP contribution in [0.4, 0.5) is 4.79 Å². The van der Waals surface area contributed by atoms with E-state index in [1.165, 1.54) is 0 Å². The molecule has 1 aromatic heterocycles. The fourth-order valence-electron chi connectivity index (χ4n) is 3.04. The fraction of sp³-hybridized carbons (Fsp3) is 0.353. The molecule has 7 heteroatoms. The molecule has 0 atom stereocenters. The lowest BCUT2D eigenvalue weighted by Crippen LogP contribution is -2.43. The Morgan fingerprint density at radius 2 is 1.71 bits per heavy atom. The Morgan fingerprint density at radius 3 is 2.38 bits per heavy atom. The van der Waals surface area contributed by atoms with Gasteiger partial charge in [-0.25, -0.2) is 9.78 Å². The number of benzene rings is 1. The molecule has 3 N–H and O–H groups in total. The molecule has 2 amide bonds. The van der Waals surface area contributed by atoms with E-state index >= 15 is 0 Å². The molecular weight excluding hydrogens is 330 g/mol. The van der Waals surface area contributed by atoms with Crippen LogP contribution in [0.3, 0.4) is 0 Å². The van der Waals surface area contributed by atoms with Gasteiger partial charge in [0.05, 0.1) is 5.52 Å². The summed E-state index contributed by atoms with van der Waals surface area (Å²) in [6.07, 6.45) is 1.95. The highest BCUT2D eigenvalue weighted by molar-refractivity contribution is 6.31. The summed E-state index contributed by atoms with van der Waals surface area (Å²) >= 11 is 5.94. The van der Waals surface area contributed by atoms with Crippen molar-refractivity contribution in [2.24, 2.45) is 0 Å². The van der Waals surface area contributed by atoms with Gasteiger partial charge in [0.25, 0.3) is 5.91 Å². The Balaban J connectivity index is 1.61. The Hall–Kier alpha value is -2.34. The second-order valence-electron chi connectivity index (χ2n) is 6.01.